The topological polar surface area (TPSA) is 72.8 Å². The molecule has 0 radical (unpaired) electrons. The van der Waals surface area contributed by atoms with E-state index in [9.17, 15) is 9.59 Å². The Bertz CT molecular complexity index is 1300. The molecular formula is C27H30ClN3O4. The molecule has 2 aliphatic rings. The Labute approximate surface area is 209 Å². The Morgan fingerprint density at radius 2 is 1.83 bits per heavy atom. The molecule has 3 aromatic rings. The van der Waals surface area contributed by atoms with Crippen LogP contribution < -0.4 is 19.7 Å². The molecule has 2 aromatic carbocycles. The number of hydrogen-bond donors (Lipinski definition) is 1. The Morgan fingerprint density at radius 1 is 1.06 bits per heavy atom. The number of carbonyl (C=O) groups excluding carboxylic acids is 2. The summed E-state index contributed by atoms with van der Waals surface area (Å²) in [5.74, 6) is 0.701. The lowest BCUT2D eigenvalue weighted by Crippen LogP contribution is -2.65. The molecule has 1 N–H and O–H groups in total. The highest BCUT2D eigenvalue weighted by Gasteiger charge is 2.50. The summed E-state index contributed by atoms with van der Waals surface area (Å²) in [5.41, 5.74) is 0.606. The minimum absolute atomic E-state index is 0.106. The molecule has 1 unspecified atom stereocenters. The number of fused-ring (bicyclic) bond motifs is 3. The molecule has 1 atom stereocenters. The van der Waals surface area contributed by atoms with Crippen LogP contribution in [0.1, 0.15) is 49.5 Å². The first-order chi connectivity index (χ1) is 16.9. The van der Waals surface area contributed by atoms with Crippen molar-refractivity contribution in [2.75, 3.05) is 19.1 Å². The molecule has 1 aliphatic heterocycles. The minimum atomic E-state index is -1.21. The quantitative estimate of drug-likeness (QED) is 0.529. The normalized spacial score (nSPS) is 20.6. The molecule has 2 amide bonds. The van der Waals surface area contributed by atoms with Gasteiger partial charge >= 0.3 is 0 Å². The predicted molar refractivity (Wildman–Crippen MR) is 137 cm³/mol. The fourth-order valence-corrected chi connectivity index (χ4v) is 5.57. The zero-order chi connectivity index (χ0) is 24.7. The van der Waals surface area contributed by atoms with Crippen LogP contribution in [0, 0.1) is 0 Å². The van der Waals surface area contributed by atoms with Gasteiger partial charge in [0.05, 0.1) is 32.0 Å². The molecular weight excluding hydrogens is 466 g/mol. The standard InChI is InChI=1S/C27H30ClN3O4/c1-27(26(33)29-19-7-5-4-6-8-19)16-30-21-15-20(34-2)11-9-17(21)13-23(30)25(32)31(27)22-14-18(28)10-12-24(22)35-3/h9-15,19H,4-8,16H2,1-3H3,(H,29,33). The van der Waals surface area contributed by atoms with Gasteiger partial charge in [-0.2, -0.15) is 0 Å². The van der Waals surface area contributed by atoms with Crippen LogP contribution in [0.15, 0.2) is 42.5 Å². The first kappa shape index (κ1) is 23.5. The van der Waals surface area contributed by atoms with Crippen LogP contribution in [0.4, 0.5) is 5.69 Å². The summed E-state index contributed by atoms with van der Waals surface area (Å²) in [5, 5.41) is 4.61. The van der Waals surface area contributed by atoms with Gasteiger partial charge in [0.1, 0.15) is 22.7 Å². The number of carbonyl (C=O) groups is 2. The third kappa shape index (κ3) is 4.01. The fourth-order valence-electron chi connectivity index (χ4n) is 5.40. The minimum Gasteiger partial charge on any atom is -0.497 e. The number of aromatic nitrogens is 1. The molecule has 184 valence electrons. The van der Waals surface area contributed by atoms with E-state index in [-0.39, 0.29) is 24.4 Å². The van der Waals surface area contributed by atoms with Crippen LogP contribution in [0.5, 0.6) is 11.5 Å². The lowest BCUT2D eigenvalue weighted by molar-refractivity contribution is -0.127. The van der Waals surface area contributed by atoms with Gasteiger partial charge in [-0.1, -0.05) is 30.9 Å². The summed E-state index contributed by atoms with van der Waals surface area (Å²) >= 11 is 6.35. The van der Waals surface area contributed by atoms with E-state index in [0.29, 0.717) is 27.9 Å². The highest BCUT2D eigenvalue weighted by molar-refractivity contribution is 6.31. The van der Waals surface area contributed by atoms with Crippen molar-refractivity contribution in [1.29, 1.82) is 0 Å². The van der Waals surface area contributed by atoms with Gasteiger partial charge in [0.2, 0.25) is 5.91 Å². The maximum Gasteiger partial charge on any atom is 0.276 e. The van der Waals surface area contributed by atoms with E-state index < -0.39 is 5.54 Å². The Kier molecular flexibility index (Phi) is 6.13. The highest BCUT2D eigenvalue weighted by Crippen LogP contribution is 2.41. The first-order valence-electron chi connectivity index (χ1n) is 12.0. The molecule has 1 aliphatic carbocycles. The zero-order valence-corrected chi connectivity index (χ0v) is 21.0. The maximum absolute atomic E-state index is 14.1. The number of methoxy groups -OCH3 is 2. The van der Waals surface area contributed by atoms with Crippen LogP contribution in [-0.4, -0.2) is 42.2 Å². The predicted octanol–water partition coefficient (Wildman–Crippen LogP) is 5.18. The number of halogens is 1. The third-order valence-corrected chi connectivity index (χ3v) is 7.54. The van der Waals surface area contributed by atoms with Crippen molar-refractivity contribution in [2.45, 2.75) is 57.2 Å². The third-order valence-electron chi connectivity index (χ3n) is 7.30. The summed E-state index contributed by atoms with van der Waals surface area (Å²) in [6, 6.07) is 12.8. The average molecular weight is 496 g/mol. The SMILES string of the molecule is COc1ccc2cc3n(c2c1)CC(C)(C(=O)NC1CCCCC1)N(c1cc(Cl)ccc1OC)C3=O. The lowest BCUT2D eigenvalue weighted by atomic mass is 9.91. The summed E-state index contributed by atoms with van der Waals surface area (Å²) in [6.45, 7) is 2.09. The number of rotatable bonds is 5. The van der Waals surface area contributed by atoms with Crippen LogP contribution in [-0.2, 0) is 11.3 Å². The van der Waals surface area contributed by atoms with Gasteiger partial charge < -0.3 is 19.4 Å². The number of benzene rings is 2. The van der Waals surface area contributed by atoms with Crippen molar-refractivity contribution in [3.63, 3.8) is 0 Å². The summed E-state index contributed by atoms with van der Waals surface area (Å²) in [4.78, 5) is 29.7. The number of ether oxygens (including phenoxy) is 2. The van der Waals surface area contributed by atoms with Crippen LogP contribution in [0.3, 0.4) is 0 Å². The van der Waals surface area contributed by atoms with Crippen molar-refractivity contribution in [3.8, 4) is 11.5 Å². The van der Waals surface area contributed by atoms with Crippen LogP contribution in [0.25, 0.3) is 10.9 Å². The first-order valence-corrected chi connectivity index (χ1v) is 12.4. The molecule has 2 heterocycles. The molecule has 0 spiro atoms. The second-order valence-corrected chi connectivity index (χ2v) is 10.0. The van der Waals surface area contributed by atoms with Crippen molar-refractivity contribution in [3.05, 3.63) is 53.2 Å². The van der Waals surface area contributed by atoms with E-state index in [4.69, 9.17) is 21.1 Å². The number of nitrogens with one attached hydrogen (secondary N) is 1. The summed E-state index contributed by atoms with van der Waals surface area (Å²) < 4.78 is 12.9. The van der Waals surface area contributed by atoms with Gasteiger partial charge in [-0.15, -0.1) is 0 Å². The van der Waals surface area contributed by atoms with E-state index in [2.05, 4.69) is 5.32 Å². The summed E-state index contributed by atoms with van der Waals surface area (Å²) in [6.07, 6.45) is 5.28. The fraction of sp³-hybridized carbons (Fsp3) is 0.407. The second kappa shape index (κ2) is 9.11. The number of anilines is 1. The molecule has 0 bridgehead atoms. The molecule has 1 fully saturated rings. The monoisotopic (exact) mass is 495 g/mol. The van der Waals surface area contributed by atoms with Crippen molar-refractivity contribution >= 4 is 40.0 Å². The van der Waals surface area contributed by atoms with Gasteiger partial charge in [-0.3, -0.25) is 14.5 Å². The van der Waals surface area contributed by atoms with Crippen LogP contribution >= 0.6 is 11.6 Å². The van der Waals surface area contributed by atoms with Gasteiger partial charge in [0.25, 0.3) is 5.91 Å². The van der Waals surface area contributed by atoms with E-state index >= 15 is 0 Å². The van der Waals surface area contributed by atoms with E-state index in [1.807, 2.05) is 35.8 Å². The smallest absolute Gasteiger partial charge is 0.276 e. The lowest BCUT2D eigenvalue weighted by Gasteiger charge is -2.45. The molecule has 8 heteroatoms. The molecule has 7 nitrogen and oxygen atoms in total. The maximum atomic E-state index is 14.1. The number of amides is 2. The van der Waals surface area contributed by atoms with Gasteiger partial charge in [-0.25, -0.2) is 0 Å². The summed E-state index contributed by atoms with van der Waals surface area (Å²) in [7, 11) is 3.16. The van der Waals surface area contributed by atoms with Gasteiger partial charge in [-0.05, 0) is 56.2 Å². The largest absolute Gasteiger partial charge is 0.497 e. The molecule has 1 aromatic heterocycles. The van der Waals surface area contributed by atoms with Crippen molar-refractivity contribution < 1.29 is 19.1 Å². The van der Waals surface area contributed by atoms with Gasteiger partial charge in [0.15, 0.2) is 0 Å². The zero-order valence-electron chi connectivity index (χ0n) is 20.3. The van der Waals surface area contributed by atoms with Crippen LogP contribution in [0.2, 0.25) is 5.02 Å². The van der Waals surface area contributed by atoms with E-state index in [0.717, 1.165) is 36.6 Å². The number of hydrogen-bond acceptors (Lipinski definition) is 4. The van der Waals surface area contributed by atoms with Gasteiger partial charge in [0, 0.05) is 22.5 Å². The number of nitrogens with zero attached hydrogens (tertiary/aromatic N) is 2. The Morgan fingerprint density at radius 3 is 2.54 bits per heavy atom. The molecule has 5 rings (SSSR count). The molecule has 35 heavy (non-hydrogen) atoms. The Hall–Kier alpha value is -3.19. The Balaban J connectivity index is 1.67. The van der Waals surface area contributed by atoms with Crippen molar-refractivity contribution in [1.82, 2.24) is 9.88 Å². The molecule has 0 saturated heterocycles. The highest BCUT2D eigenvalue weighted by atomic mass is 35.5. The second-order valence-electron chi connectivity index (χ2n) is 9.58. The van der Waals surface area contributed by atoms with Crippen molar-refractivity contribution in [2.24, 2.45) is 0 Å². The molecule has 1 saturated carbocycles. The average Bonchev–Trinajstić information content (AvgIpc) is 3.22. The van der Waals surface area contributed by atoms with E-state index in [1.54, 1.807) is 37.3 Å². The van der Waals surface area contributed by atoms with E-state index in [1.165, 1.54) is 6.42 Å².